The molecule has 5 rings (SSSR count). The predicted octanol–water partition coefficient (Wildman–Crippen LogP) is 1.40. The second-order valence-electron chi connectivity index (χ2n) is 11.8. The number of benzene rings is 2. The summed E-state index contributed by atoms with van der Waals surface area (Å²) in [5.41, 5.74) is 15.7. The fraction of sp³-hybridized carbons (Fsp3) is 0.324. The molecule has 3 amide bonds. The predicted molar refractivity (Wildman–Crippen MR) is 181 cm³/mol. The SMILES string of the molecule is NCCCCC(NC(=O)C(Cc1c[nH]c2ccccc12)NC(=O)C(Cc1c[nH]c2ccccc12)NC(=O)C(N)Cc1cnc[nH]1)C(=O)O. The minimum atomic E-state index is -1.19. The standard InChI is InChI=1S/C34H41N9O5/c35-12-6-5-11-28(34(47)48)41-32(45)30(14-21-17-39-27-10-4-2-8-24(21)27)43-33(46)29(13-20-16-38-26-9-3-1-7-23(20)26)42-31(44)25(36)15-22-18-37-19-40-22/h1-4,7-10,16-19,25,28-30,38-39H,5-6,11-15,35-36H2,(H,37,40)(H,41,45)(H,42,44)(H,43,46)(H,47,48). The Morgan fingerprint density at radius 1 is 0.729 bits per heavy atom. The molecule has 5 aromatic rings. The van der Waals surface area contributed by atoms with Gasteiger partial charge in [0.1, 0.15) is 18.1 Å². The highest BCUT2D eigenvalue weighted by atomic mass is 16.4. The molecule has 0 aliphatic carbocycles. The van der Waals surface area contributed by atoms with Crippen LogP contribution in [-0.4, -0.2) is 79.4 Å². The van der Waals surface area contributed by atoms with Crippen LogP contribution in [0.15, 0.2) is 73.4 Å². The van der Waals surface area contributed by atoms with Gasteiger partial charge in [-0.15, -0.1) is 0 Å². The number of hydrogen-bond acceptors (Lipinski definition) is 7. The van der Waals surface area contributed by atoms with Crippen LogP contribution < -0.4 is 27.4 Å². The summed E-state index contributed by atoms with van der Waals surface area (Å²) >= 11 is 0. The summed E-state index contributed by atoms with van der Waals surface area (Å²) in [7, 11) is 0. The van der Waals surface area contributed by atoms with Crippen LogP contribution in [0.3, 0.4) is 0 Å². The molecule has 0 bridgehead atoms. The van der Waals surface area contributed by atoms with Crippen molar-refractivity contribution in [3.05, 3.63) is 90.3 Å². The van der Waals surface area contributed by atoms with E-state index in [1.54, 1.807) is 18.6 Å². The van der Waals surface area contributed by atoms with Gasteiger partial charge >= 0.3 is 5.97 Å². The molecule has 0 saturated carbocycles. The van der Waals surface area contributed by atoms with Gasteiger partial charge in [0.05, 0.1) is 12.4 Å². The first-order chi connectivity index (χ1) is 23.2. The molecule has 0 saturated heterocycles. The van der Waals surface area contributed by atoms with Crippen molar-refractivity contribution in [1.29, 1.82) is 0 Å². The molecule has 0 fully saturated rings. The van der Waals surface area contributed by atoms with Gasteiger partial charge in [0, 0.05) is 65.4 Å². The van der Waals surface area contributed by atoms with E-state index in [0.29, 0.717) is 25.1 Å². The zero-order chi connectivity index (χ0) is 34.0. The minimum absolute atomic E-state index is 0.0593. The second kappa shape index (κ2) is 15.9. The van der Waals surface area contributed by atoms with E-state index < -0.39 is 47.9 Å². The summed E-state index contributed by atoms with van der Waals surface area (Å²) in [5.74, 6) is -3.04. The maximum Gasteiger partial charge on any atom is 0.326 e. The first-order valence-corrected chi connectivity index (χ1v) is 15.9. The number of amides is 3. The van der Waals surface area contributed by atoms with E-state index in [9.17, 15) is 24.3 Å². The van der Waals surface area contributed by atoms with Crippen LogP contribution in [0, 0.1) is 0 Å². The van der Waals surface area contributed by atoms with Gasteiger partial charge < -0.3 is 47.5 Å². The Morgan fingerprint density at radius 3 is 1.79 bits per heavy atom. The number of aromatic nitrogens is 4. The maximum atomic E-state index is 14.1. The maximum absolute atomic E-state index is 14.1. The third kappa shape index (κ3) is 8.46. The van der Waals surface area contributed by atoms with Crippen molar-refractivity contribution < 1.29 is 24.3 Å². The quantitative estimate of drug-likeness (QED) is 0.0662. The van der Waals surface area contributed by atoms with Crippen molar-refractivity contribution >= 4 is 45.5 Å². The normalized spacial score (nSPS) is 13.9. The first-order valence-electron chi connectivity index (χ1n) is 15.9. The summed E-state index contributed by atoms with van der Waals surface area (Å²) in [6.45, 7) is 0.397. The summed E-state index contributed by atoms with van der Waals surface area (Å²) in [4.78, 5) is 66.5. The van der Waals surface area contributed by atoms with E-state index in [0.717, 1.165) is 32.9 Å². The van der Waals surface area contributed by atoms with E-state index in [1.807, 2.05) is 48.5 Å². The number of fused-ring (bicyclic) bond motifs is 2. The van der Waals surface area contributed by atoms with E-state index in [2.05, 4.69) is 35.9 Å². The fourth-order valence-corrected chi connectivity index (χ4v) is 5.76. The second-order valence-corrected chi connectivity index (χ2v) is 11.8. The Bertz CT molecular complexity index is 1850. The summed E-state index contributed by atoms with van der Waals surface area (Å²) < 4.78 is 0. The van der Waals surface area contributed by atoms with Gasteiger partial charge in [-0.3, -0.25) is 14.4 Å². The van der Waals surface area contributed by atoms with Crippen LogP contribution in [0.25, 0.3) is 21.8 Å². The smallest absolute Gasteiger partial charge is 0.326 e. The third-order valence-corrected chi connectivity index (χ3v) is 8.36. The molecular weight excluding hydrogens is 614 g/mol. The average Bonchev–Trinajstić information content (AvgIpc) is 3.84. The number of carbonyl (C=O) groups excluding carboxylic acids is 3. The molecule has 4 atom stereocenters. The highest BCUT2D eigenvalue weighted by Crippen LogP contribution is 2.21. The topological polar surface area (TPSA) is 237 Å². The number of nitrogens with one attached hydrogen (secondary N) is 6. The van der Waals surface area contributed by atoms with Crippen LogP contribution in [0.4, 0.5) is 0 Å². The number of nitrogens with zero attached hydrogens (tertiary/aromatic N) is 1. The molecule has 252 valence electrons. The number of unbranched alkanes of at least 4 members (excludes halogenated alkanes) is 1. The molecule has 11 N–H and O–H groups in total. The Labute approximate surface area is 276 Å². The van der Waals surface area contributed by atoms with E-state index in [4.69, 9.17) is 11.5 Å². The van der Waals surface area contributed by atoms with Crippen LogP contribution in [0.5, 0.6) is 0 Å². The number of carbonyl (C=O) groups is 4. The van der Waals surface area contributed by atoms with E-state index in [1.165, 1.54) is 6.33 Å². The summed E-state index contributed by atoms with van der Waals surface area (Å²) in [6.07, 6.45) is 8.19. The van der Waals surface area contributed by atoms with Gasteiger partial charge in [-0.1, -0.05) is 36.4 Å². The average molecular weight is 656 g/mol. The number of rotatable bonds is 17. The van der Waals surface area contributed by atoms with E-state index >= 15 is 0 Å². The zero-order valence-corrected chi connectivity index (χ0v) is 26.4. The van der Waals surface area contributed by atoms with Crippen molar-refractivity contribution in [2.75, 3.05) is 6.54 Å². The van der Waals surface area contributed by atoms with Gasteiger partial charge in [-0.2, -0.15) is 0 Å². The monoisotopic (exact) mass is 655 g/mol. The molecule has 48 heavy (non-hydrogen) atoms. The highest BCUT2D eigenvalue weighted by molar-refractivity contribution is 5.95. The van der Waals surface area contributed by atoms with Crippen LogP contribution in [0.2, 0.25) is 0 Å². The lowest BCUT2D eigenvalue weighted by atomic mass is 10.0. The number of carboxylic acid groups (broad SMARTS) is 1. The van der Waals surface area contributed by atoms with Crippen molar-refractivity contribution in [2.24, 2.45) is 11.5 Å². The lowest BCUT2D eigenvalue weighted by Crippen LogP contribution is -2.58. The minimum Gasteiger partial charge on any atom is -0.480 e. The number of nitrogens with two attached hydrogens (primary N) is 2. The number of aliphatic carboxylic acids is 1. The Hall–Kier alpha value is -5.47. The van der Waals surface area contributed by atoms with Gasteiger partial charge in [0.15, 0.2) is 0 Å². The molecule has 14 heteroatoms. The van der Waals surface area contributed by atoms with Crippen molar-refractivity contribution in [3.63, 3.8) is 0 Å². The van der Waals surface area contributed by atoms with Crippen LogP contribution >= 0.6 is 0 Å². The Balaban J connectivity index is 1.41. The molecule has 14 nitrogen and oxygen atoms in total. The number of para-hydroxylation sites is 2. The number of H-pyrrole nitrogens is 3. The largest absolute Gasteiger partial charge is 0.480 e. The molecule has 4 unspecified atom stereocenters. The zero-order valence-electron chi connectivity index (χ0n) is 26.4. The number of imidazole rings is 1. The Kier molecular flexibility index (Phi) is 11.2. The molecule has 3 heterocycles. The Morgan fingerprint density at radius 2 is 1.27 bits per heavy atom. The number of hydrogen-bond donors (Lipinski definition) is 9. The fourth-order valence-electron chi connectivity index (χ4n) is 5.76. The van der Waals surface area contributed by atoms with Crippen LogP contribution in [0.1, 0.15) is 36.1 Å². The number of carboxylic acids is 1. The lowest BCUT2D eigenvalue weighted by molar-refractivity contribution is -0.142. The van der Waals surface area contributed by atoms with Crippen molar-refractivity contribution in [1.82, 2.24) is 35.9 Å². The first kappa shape index (κ1) is 33.9. The summed E-state index contributed by atoms with van der Waals surface area (Å²) in [6, 6.07) is 10.7. The molecule has 0 aliphatic rings. The van der Waals surface area contributed by atoms with Gasteiger partial charge in [0.25, 0.3) is 0 Å². The molecular formula is C34H41N9O5. The van der Waals surface area contributed by atoms with E-state index in [-0.39, 0.29) is 25.7 Å². The molecule has 0 aliphatic heterocycles. The van der Waals surface area contributed by atoms with Gasteiger partial charge in [-0.05, 0) is 49.1 Å². The highest BCUT2D eigenvalue weighted by Gasteiger charge is 2.31. The third-order valence-electron chi connectivity index (χ3n) is 8.36. The molecule has 2 aromatic carbocycles. The van der Waals surface area contributed by atoms with Crippen LogP contribution in [-0.2, 0) is 38.4 Å². The summed E-state index contributed by atoms with van der Waals surface area (Å²) in [5, 5.41) is 19.8. The van der Waals surface area contributed by atoms with Crippen molar-refractivity contribution in [2.45, 2.75) is 62.7 Å². The van der Waals surface area contributed by atoms with Gasteiger partial charge in [-0.25, -0.2) is 9.78 Å². The molecule has 0 spiro atoms. The van der Waals surface area contributed by atoms with Crippen molar-refractivity contribution in [3.8, 4) is 0 Å². The molecule has 3 aromatic heterocycles. The number of aromatic amines is 3. The molecule has 0 radical (unpaired) electrons. The lowest BCUT2D eigenvalue weighted by Gasteiger charge is -2.25. The van der Waals surface area contributed by atoms with Gasteiger partial charge in [0.2, 0.25) is 17.7 Å².